The topological polar surface area (TPSA) is 81.4 Å². The standard InChI is InChI=1S/C11H20N2O3/c1-7-4-5-16-9(7)10(15)13-11(2,3)6-8(12)14/h7,9H,4-6H2,1-3H3,(H2,12,14)(H,13,15)/t7-,9+/m1/s1. The van der Waals surface area contributed by atoms with Gasteiger partial charge in [0.2, 0.25) is 11.8 Å². The normalized spacial score (nSPS) is 25.4. The van der Waals surface area contributed by atoms with Gasteiger partial charge in [0, 0.05) is 18.6 Å². The maximum Gasteiger partial charge on any atom is 0.249 e. The fraction of sp³-hybridized carbons (Fsp3) is 0.818. The summed E-state index contributed by atoms with van der Waals surface area (Å²) in [6.07, 6.45) is 0.626. The van der Waals surface area contributed by atoms with Crippen LogP contribution in [-0.2, 0) is 14.3 Å². The molecule has 0 aliphatic carbocycles. The second-order valence-electron chi connectivity index (χ2n) is 5.07. The molecule has 0 bridgehead atoms. The summed E-state index contributed by atoms with van der Waals surface area (Å²) in [5.41, 5.74) is 4.50. The minimum absolute atomic E-state index is 0.125. The van der Waals surface area contributed by atoms with E-state index in [0.29, 0.717) is 6.61 Å². The van der Waals surface area contributed by atoms with Gasteiger partial charge in [-0.25, -0.2) is 0 Å². The Hall–Kier alpha value is -1.10. The van der Waals surface area contributed by atoms with Crippen LogP contribution in [0.3, 0.4) is 0 Å². The van der Waals surface area contributed by atoms with Gasteiger partial charge in [0.25, 0.3) is 0 Å². The zero-order chi connectivity index (χ0) is 12.3. The first-order valence-electron chi connectivity index (χ1n) is 5.54. The summed E-state index contributed by atoms with van der Waals surface area (Å²) in [4.78, 5) is 22.7. The van der Waals surface area contributed by atoms with Crippen molar-refractivity contribution in [3.05, 3.63) is 0 Å². The molecule has 1 rings (SSSR count). The summed E-state index contributed by atoms with van der Waals surface area (Å²) < 4.78 is 5.35. The van der Waals surface area contributed by atoms with Gasteiger partial charge < -0.3 is 15.8 Å². The second-order valence-corrected chi connectivity index (χ2v) is 5.07. The predicted molar refractivity (Wildman–Crippen MR) is 59.6 cm³/mol. The zero-order valence-electron chi connectivity index (χ0n) is 10.1. The van der Waals surface area contributed by atoms with Crippen molar-refractivity contribution in [1.82, 2.24) is 5.32 Å². The molecule has 5 heteroatoms. The Bertz CT molecular complexity index is 289. The number of amides is 2. The van der Waals surface area contributed by atoms with Crippen LogP contribution in [0.4, 0.5) is 0 Å². The maximum atomic E-state index is 11.9. The lowest BCUT2D eigenvalue weighted by atomic mass is 9.98. The molecule has 0 unspecified atom stereocenters. The fourth-order valence-electron chi connectivity index (χ4n) is 1.92. The van der Waals surface area contributed by atoms with Gasteiger partial charge >= 0.3 is 0 Å². The molecule has 0 aromatic rings. The highest BCUT2D eigenvalue weighted by molar-refractivity contribution is 5.83. The smallest absolute Gasteiger partial charge is 0.249 e. The SMILES string of the molecule is C[C@@H]1CCO[C@@H]1C(=O)NC(C)(C)CC(N)=O. The third-order valence-corrected chi connectivity index (χ3v) is 2.72. The summed E-state index contributed by atoms with van der Waals surface area (Å²) in [6, 6.07) is 0. The predicted octanol–water partition coefficient (Wildman–Crippen LogP) is 0.182. The van der Waals surface area contributed by atoms with Crippen LogP contribution in [0.25, 0.3) is 0 Å². The molecular formula is C11H20N2O3. The van der Waals surface area contributed by atoms with Crippen LogP contribution in [-0.4, -0.2) is 30.1 Å². The number of primary amides is 1. The molecule has 2 amide bonds. The van der Waals surface area contributed by atoms with Crippen LogP contribution < -0.4 is 11.1 Å². The van der Waals surface area contributed by atoms with Crippen molar-refractivity contribution in [2.75, 3.05) is 6.61 Å². The lowest BCUT2D eigenvalue weighted by Gasteiger charge is -2.27. The van der Waals surface area contributed by atoms with Crippen LogP contribution in [0.1, 0.15) is 33.6 Å². The minimum atomic E-state index is -0.616. The fourth-order valence-corrected chi connectivity index (χ4v) is 1.92. The Labute approximate surface area is 95.7 Å². The molecule has 1 heterocycles. The number of nitrogens with two attached hydrogens (primary N) is 1. The van der Waals surface area contributed by atoms with Crippen LogP contribution in [0.15, 0.2) is 0 Å². The molecule has 1 saturated heterocycles. The van der Waals surface area contributed by atoms with Crippen molar-refractivity contribution in [2.45, 2.75) is 45.3 Å². The summed E-state index contributed by atoms with van der Waals surface area (Å²) >= 11 is 0. The first-order chi connectivity index (χ1) is 7.32. The molecule has 5 nitrogen and oxygen atoms in total. The van der Waals surface area contributed by atoms with E-state index in [2.05, 4.69) is 5.32 Å². The molecule has 0 aromatic carbocycles. The van der Waals surface area contributed by atoms with Gasteiger partial charge in [-0.15, -0.1) is 0 Å². The van der Waals surface area contributed by atoms with Gasteiger partial charge in [-0.2, -0.15) is 0 Å². The van der Waals surface area contributed by atoms with E-state index in [-0.39, 0.29) is 18.2 Å². The van der Waals surface area contributed by atoms with Gasteiger partial charge in [-0.1, -0.05) is 6.92 Å². The molecule has 0 spiro atoms. The van der Waals surface area contributed by atoms with Crippen LogP contribution in [0.5, 0.6) is 0 Å². The highest BCUT2D eigenvalue weighted by Crippen LogP contribution is 2.21. The van der Waals surface area contributed by atoms with Crippen molar-refractivity contribution in [3.8, 4) is 0 Å². The largest absolute Gasteiger partial charge is 0.370 e. The summed E-state index contributed by atoms with van der Waals surface area (Å²) in [5, 5.41) is 2.80. The average Bonchev–Trinajstić information content (AvgIpc) is 2.47. The van der Waals surface area contributed by atoms with E-state index < -0.39 is 17.6 Å². The van der Waals surface area contributed by atoms with Crippen LogP contribution in [0, 0.1) is 5.92 Å². The summed E-state index contributed by atoms with van der Waals surface area (Å²) in [6.45, 7) is 6.15. The van der Waals surface area contributed by atoms with E-state index in [4.69, 9.17) is 10.5 Å². The number of carbonyl (C=O) groups excluding carboxylic acids is 2. The molecule has 0 radical (unpaired) electrons. The highest BCUT2D eigenvalue weighted by Gasteiger charge is 2.34. The van der Waals surface area contributed by atoms with Crippen molar-refractivity contribution in [3.63, 3.8) is 0 Å². The van der Waals surface area contributed by atoms with Crippen molar-refractivity contribution in [1.29, 1.82) is 0 Å². The van der Waals surface area contributed by atoms with E-state index in [0.717, 1.165) is 6.42 Å². The van der Waals surface area contributed by atoms with E-state index in [1.165, 1.54) is 0 Å². The van der Waals surface area contributed by atoms with Crippen molar-refractivity contribution >= 4 is 11.8 Å². The van der Waals surface area contributed by atoms with E-state index in [9.17, 15) is 9.59 Å². The molecule has 92 valence electrons. The number of hydrogen-bond acceptors (Lipinski definition) is 3. The Morgan fingerprint density at radius 2 is 2.12 bits per heavy atom. The second kappa shape index (κ2) is 4.82. The van der Waals surface area contributed by atoms with Gasteiger partial charge in [-0.3, -0.25) is 9.59 Å². The molecular weight excluding hydrogens is 208 g/mol. The van der Waals surface area contributed by atoms with Gasteiger partial charge in [0.15, 0.2) is 0 Å². The van der Waals surface area contributed by atoms with Crippen LogP contribution in [0.2, 0.25) is 0 Å². The molecule has 0 aromatic heterocycles. The molecule has 1 fully saturated rings. The number of ether oxygens (including phenoxy) is 1. The van der Waals surface area contributed by atoms with E-state index in [1.807, 2.05) is 6.92 Å². The molecule has 2 atom stereocenters. The third kappa shape index (κ3) is 3.48. The third-order valence-electron chi connectivity index (χ3n) is 2.72. The quantitative estimate of drug-likeness (QED) is 0.720. The number of nitrogens with one attached hydrogen (secondary N) is 1. The molecule has 0 saturated carbocycles. The Morgan fingerprint density at radius 3 is 2.56 bits per heavy atom. The highest BCUT2D eigenvalue weighted by atomic mass is 16.5. The lowest BCUT2D eigenvalue weighted by Crippen LogP contribution is -2.50. The summed E-state index contributed by atoms with van der Waals surface area (Å²) in [7, 11) is 0. The van der Waals surface area contributed by atoms with E-state index in [1.54, 1.807) is 13.8 Å². The first-order valence-corrected chi connectivity index (χ1v) is 5.54. The monoisotopic (exact) mass is 228 g/mol. The van der Waals surface area contributed by atoms with Crippen LogP contribution >= 0.6 is 0 Å². The number of carbonyl (C=O) groups is 2. The van der Waals surface area contributed by atoms with Gasteiger partial charge in [-0.05, 0) is 26.2 Å². The van der Waals surface area contributed by atoms with Gasteiger partial charge in [0.1, 0.15) is 6.10 Å². The Balaban J connectivity index is 2.52. The maximum absolute atomic E-state index is 11.9. The minimum Gasteiger partial charge on any atom is -0.370 e. The van der Waals surface area contributed by atoms with Crippen molar-refractivity contribution < 1.29 is 14.3 Å². The lowest BCUT2D eigenvalue weighted by molar-refractivity contribution is -0.133. The number of hydrogen-bond donors (Lipinski definition) is 2. The first kappa shape index (κ1) is 13.0. The Kier molecular flexibility index (Phi) is 3.91. The zero-order valence-corrected chi connectivity index (χ0v) is 10.1. The molecule has 1 aliphatic rings. The van der Waals surface area contributed by atoms with Gasteiger partial charge in [0.05, 0.1) is 0 Å². The molecule has 1 aliphatic heterocycles. The van der Waals surface area contributed by atoms with E-state index >= 15 is 0 Å². The number of rotatable bonds is 4. The molecule has 3 N–H and O–H groups in total. The van der Waals surface area contributed by atoms with Crippen molar-refractivity contribution in [2.24, 2.45) is 11.7 Å². The average molecular weight is 228 g/mol. The Morgan fingerprint density at radius 1 is 1.50 bits per heavy atom. The summed E-state index contributed by atoms with van der Waals surface area (Å²) in [5.74, 6) is -0.355. The molecule has 16 heavy (non-hydrogen) atoms.